The Morgan fingerprint density at radius 1 is 0.972 bits per heavy atom. The van der Waals surface area contributed by atoms with Gasteiger partial charge in [0.15, 0.2) is 0 Å². The second-order valence-corrected chi connectivity index (χ2v) is 8.95. The maximum absolute atomic E-state index is 11.4. The highest BCUT2D eigenvalue weighted by Gasteiger charge is 2.18. The predicted molar refractivity (Wildman–Crippen MR) is 142 cm³/mol. The molecule has 0 radical (unpaired) electrons. The molecule has 0 saturated heterocycles. The minimum absolute atomic E-state index is 0.0858. The van der Waals surface area contributed by atoms with E-state index in [-0.39, 0.29) is 6.42 Å². The van der Waals surface area contributed by atoms with Crippen LogP contribution in [0.3, 0.4) is 0 Å². The summed E-state index contributed by atoms with van der Waals surface area (Å²) in [4.78, 5) is 11.4. The van der Waals surface area contributed by atoms with E-state index < -0.39 is 5.97 Å². The molecular weight excluding hydrogens is 476 g/mol. The van der Waals surface area contributed by atoms with E-state index in [0.29, 0.717) is 28.6 Å². The second kappa shape index (κ2) is 11.8. The van der Waals surface area contributed by atoms with Crippen molar-refractivity contribution in [3.8, 4) is 34.0 Å². The van der Waals surface area contributed by atoms with Gasteiger partial charge in [-0.05, 0) is 60.0 Å². The van der Waals surface area contributed by atoms with Crippen molar-refractivity contribution in [3.05, 3.63) is 88.9 Å². The number of carboxylic acid groups (broad SMARTS) is 1. The Bertz CT molecular complexity index is 1350. The number of benzene rings is 3. The Hall–Kier alpha value is -3.77. The zero-order chi connectivity index (χ0) is 25.5. The van der Waals surface area contributed by atoms with Crippen LogP contribution in [0.1, 0.15) is 30.9 Å². The topological polar surface area (TPSA) is 73.6 Å². The number of carbonyl (C=O) groups is 1. The second-order valence-electron chi connectivity index (χ2n) is 8.51. The van der Waals surface area contributed by atoms with Crippen LogP contribution >= 0.6 is 11.6 Å². The first-order valence-electron chi connectivity index (χ1n) is 11.9. The van der Waals surface area contributed by atoms with Crippen LogP contribution in [-0.4, -0.2) is 28.0 Å². The SMILES string of the molecule is CCCCn1nc(-c2cc(CC(=O)O)ccc2OCc2cccc(Cl)c2)cc1-c1ccccc1OC. The number of ether oxygens (including phenoxy) is 2. The lowest BCUT2D eigenvalue weighted by molar-refractivity contribution is -0.136. The smallest absolute Gasteiger partial charge is 0.307 e. The molecule has 186 valence electrons. The molecule has 0 atom stereocenters. The fraction of sp³-hybridized carbons (Fsp3) is 0.241. The highest BCUT2D eigenvalue weighted by molar-refractivity contribution is 6.30. The van der Waals surface area contributed by atoms with Crippen LogP contribution in [0.4, 0.5) is 0 Å². The van der Waals surface area contributed by atoms with Crippen molar-refractivity contribution in [3.63, 3.8) is 0 Å². The van der Waals surface area contributed by atoms with Gasteiger partial charge in [0.1, 0.15) is 18.1 Å². The zero-order valence-electron chi connectivity index (χ0n) is 20.4. The van der Waals surface area contributed by atoms with Crippen LogP contribution in [0, 0.1) is 0 Å². The van der Waals surface area contributed by atoms with Crippen LogP contribution < -0.4 is 9.47 Å². The maximum Gasteiger partial charge on any atom is 0.307 e. The minimum atomic E-state index is -0.892. The molecule has 0 bridgehead atoms. The van der Waals surface area contributed by atoms with E-state index in [1.807, 2.05) is 71.4 Å². The molecule has 0 spiro atoms. The van der Waals surface area contributed by atoms with Crippen LogP contribution in [0.2, 0.25) is 5.02 Å². The average molecular weight is 505 g/mol. The third-order valence-electron chi connectivity index (χ3n) is 5.85. The highest BCUT2D eigenvalue weighted by Crippen LogP contribution is 2.36. The molecule has 4 aromatic rings. The first-order chi connectivity index (χ1) is 17.5. The summed E-state index contributed by atoms with van der Waals surface area (Å²) in [6.07, 6.45) is 1.92. The number of aryl methyl sites for hydroxylation is 1. The molecule has 0 aliphatic rings. The van der Waals surface area contributed by atoms with E-state index in [2.05, 4.69) is 6.92 Å². The summed E-state index contributed by atoms with van der Waals surface area (Å²) in [6, 6.07) is 22.8. The highest BCUT2D eigenvalue weighted by atomic mass is 35.5. The maximum atomic E-state index is 11.4. The van der Waals surface area contributed by atoms with Gasteiger partial charge in [0, 0.05) is 22.7 Å². The minimum Gasteiger partial charge on any atom is -0.496 e. The van der Waals surface area contributed by atoms with Gasteiger partial charge in [0.05, 0.1) is 24.9 Å². The molecule has 7 heteroatoms. The summed E-state index contributed by atoms with van der Waals surface area (Å²) in [5, 5.41) is 14.9. The monoisotopic (exact) mass is 504 g/mol. The van der Waals surface area contributed by atoms with Crippen molar-refractivity contribution in [1.29, 1.82) is 0 Å². The zero-order valence-corrected chi connectivity index (χ0v) is 21.2. The molecular formula is C29H29ClN2O4. The number of aliphatic carboxylic acids is 1. The van der Waals surface area contributed by atoms with E-state index in [0.717, 1.165) is 47.5 Å². The third kappa shape index (κ3) is 6.07. The first-order valence-corrected chi connectivity index (χ1v) is 12.3. The molecule has 36 heavy (non-hydrogen) atoms. The number of para-hydroxylation sites is 1. The Balaban J connectivity index is 1.78. The molecule has 1 aromatic heterocycles. The van der Waals surface area contributed by atoms with E-state index in [1.165, 1.54) is 0 Å². The van der Waals surface area contributed by atoms with Gasteiger partial charge in [-0.25, -0.2) is 0 Å². The van der Waals surface area contributed by atoms with Crippen LogP contribution in [-0.2, 0) is 24.4 Å². The standard InChI is InChI=1S/C29H29ClN2O4/c1-3-4-14-32-26(23-10-5-6-11-27(23)35-2)18-25(31-32)24-16-20(17-29(33)34)12-13-28(24)36-19-21-8-7-9-22(30)15-21/h5-13,15-16,18H,3-4,14,17,19H2,1-2H3,(H,33,34). The lowest BCUT2D eigenvalue weighted by atomic mass is 10.0. The van der Waals surface area contributed by atoms with Crippen molar-refractivity contribution in [2.45, 2.75) is 39.3 Å². The lowest BCUT2D eigenvalue weighted by Crippen LogP contribution is -2.04. The number of methoxy groups -OCH3 is 1. The molecule has 3 aromatic carbocycles. The van der Waals surface area contributed by atoms with Gasteiger partial charge >= 0.3 is 5.97 Å². The number of carboxylic acids is 1. The predicted octanol–water partition coefficient (Wildman–Crippen LogP) is 6.89. The number of rotatable bonds is 11. The quantitative estimate of drug-likeness (QED) is 0.241. The number of nitrogens with zero attached hydrogens (tertiary/aromatic N) is 2. The Kier molecular flexibility index (Phi) is 8.28. The Labute approximate surface area is 216 Å². The Morgan fingerprint density at radius 2 is 1.81 bits per heavy atom. The number of unbranched alkanes of at least 4 members (excludes halogenated alkanes) is 1. The molecule has 0 saturated carbocycles. The molecule has 0 aliphatic heterocycles. The van der Waals surface area contributed by atoms with Crippen LogP contribution in [0.15, 0.2) is 72.8 Å². The van der Waals surface area contributed by atoms with Gasteiger partial charge in [-0.1, -0.05) is 55.3 Å². The van der Waals surface area contributed by atoms with Crippen molar-refractivity contribution in [2.75, 3.05) is 7.11 Å². The molecule has 1 heterocycles. The van der Waals surface area contributed by atoms with E-state index in [4.69, 9.17) is 26.2 Å². The lowest BCUT2D eigenvalue weighted by Gasteiger charge is -2.12. The normalized spacial score (nSPS) is 10.9. The van der Waals surface area contributed by atoms with Crippen molar-refractivity contribution in [2.24, 2.45) is 0 Å². The van der Waals surface area contributed by atoms with Crippen LogP contribution in [0.5, 0.6) is 11.5 Å². The third-order valence-corrected chi connectivity index (χ3v) is 6.08. The summed E-state index contributed by atoms with van der Waals surface area (Å²) in [5.41, 5.74) is 4.93. The number of hydrogen-bond donors (Lipinski definition) is 1. The molecule has 0 aliphatic carbocycles. The largest absolute Gasteiger partial charge is 0.496 e. The molecule has 0 unspecified atom stereocenters. The van der Waals surface area contributed by atoms with Crippen LogP contribution in [0.25, 0.3) is 22.5 Å². The fourth-order valence-electron chi connectivity index (χ4n) is 4.08. The average Bonchev–Trinajstić information content (AvgIpc) is 3.30. The summed E-state index contributed by atoms with van der Waals surface area (Å²) >= 11 is 6.13. The molecule has 6 nitrogen and oxygen atoms in total. The van der Waals surface area contributed by atoms with Gasteiger partial charge in [-0.15, -0.1) is 0 Å². The molecule has 1 N–H and O–H groups in total. The van der Waals surface area contributed by atoms with Gasteiger partial charge in [0.2, 0.25) is 0 Å². The molecule has 4 rings (SSSR count). The van der Waals surface area contributed by atoms with E-state index in [1.54, 1.807) is 13.2 Å². The van der Waals surface area contributed by atoms with Gasteiger partial charge in [-0.2, -0.15) is 5.10 Å². The summed E-state index contributed by atoms with van der Waals surface area (Å²) in [7, 11) is 1.66. The number of halogens is 1. The molecule has 0 amide bonds. The van der Waals surface area contributed by atoms with Crippen molar-refractivity contribution >= 4 is 17.6 Å². The van der Waals surface area contributed by atoms with E-state index in [9.17, 15) is 9.90 Å². The van der Waals surface area contributed by atoms with Crippen molar-refractivity contribution < 1.29 is 19.4 Å². The fourth-order valence-corrected chi connectivity index (χ4v) is 4.29. The first kappa shape index (κ1) is 25.3. The number of aromatic nitrogens is 2. The Morgan fingerprint density at radius 3 is 2.56 bits per heavy atom. The van der Waals surface area contributed by atoms with Gasteiger partial charge in [0.25, 0.3) is 0 Å². The van der Waals surface area contributed by atoms with Gasteiger partial charge < -0.3 is 14.6 Å². The summed E-state index contributed by atoms with van der Waals surface area (Å²) < 4.78 is 13.8. The summed E-state index contributed by atoms with van der Waals surface area (Å²) in [5.74, 6) is 0.492. The van der Waals surface area contributed by atoms with Gasteiger partial charge in [-0.3, -0.25) is 9.48 Å². The molecule has 0 fully saturated rings. The van der Waals surface area contributed by atoms with Crippen molar-refractivity contribution in [1.82, 2.24) is 9.78 Å². The number of hydrogen-bond acceptors (Lipinski definition) is 4. The van der Waals surface area contributed by atoms with E-state index >= 15 is 0 Å². The summed E-state index contributed by atoms with van der Waals surface area (Å²) in [6.45, 7) is 3.21.